The van der Waals surface area contributed by atoms with Gasteiger partial charge in [0.05, 0.1) is 22.8 Å². The molecule has 0 aliphatic heterocycles. The monoisotopic (exact) mass is 321 g/mol. The van der Waals surface area contributed by atoms with Gasteiger partial charge in [-0.15, -0.1) is 0 Å². The first-order chi connectivity index (χ1) is 10.5. The van der Waals surface area contributed by atoms with E-state index < -0.39 is 0 Å². The molecule has 0 aromatic carbocycles. The molecule has 0 bridgehead atoms. The maximum Gasteiger partial charge on any atom is 0.0584 e. The summed E-state index contributed by atoms with van der Waals surface area (Å²) in [6, 6.07) is 0. The largest absolute Gasteiger partial charge is 0.258 e. The van der Waals surface area contributed by atoms with Crippen LogP contribution in [0.4, 0.5) is 0 Å². The van der Waals surface area contributed by atoms with Gasteiger partial charge in [0.2, 0.25) is 0 Å². The smallest absolute Gasteiger partial charge is 0.0584 e. The third kappa shape index (κ3) is 14.6. The minimum atomic E-state index is 0. The highest BCUT2D eigenvalue weighted by molar-refractivity contribution is 5.05. The Bertz CT molecular complexity index is 439. The van der Waals surface area contributed by atoms with Crippen LogP contribution in [-0.2, 0) is 0 Å². The summed E-state index contributed by atoms with van der Waals surface area (Å²) < 4.78 is 0. The molecule has 132 valence electrons. The summed E-state index contributed by atoms with van der Waals surface area (Å²) in [5.41, 5.74) is 4.03. The average molecular weight is 322 g/mol. The summed E-state index contributed by atoms with van der Waals surface area (Å²) in [4.78, 5) is 16.1. The molecule has 23 heavy (non-hydrogen) atoms. The van der Waals surface area contributed by atoms with Crippen molar-refractivity contribution >= 4 is 0 Å². The molecule has 0 aliphatic rings. The maximum atomic E-state index is 4.02. The fourth-order valence-electron chi connectivity index (χ4n) is 0.954. The standard InChI is InChI=1S/2C6H8N2.C4H8.C2H6.CH4.H2/c2*1-5-6(2)8-4-3-7-5;1-3-4-2;1-2;;/h2*3-4H,1-2H3;3-4H,1-2H3;1-2H3;1H4;1H/i;;;;;1+1. The molecule has 0 amide bonds. The lowest BCUT2D eigenvalue weighted by Gasteiger charge is -1.91. The molecule has 0 N–H and O–H groups in total. The molecule has 0 fully saturated rings. The van der Waals surface area contributed by atoms with Gasteiger partial charge in [0.25, 0.3) is 0 Å². The molecular formula is C19H36N4. The van der Waals surface area contributed by atoms with Crippen molar-refractivity contribution in [2.75, 3.05) is 0 Å². The van der Waals surface area contributed by atoms with Crippen LogP contribution >= 0.6 is 0 Å². The van der Waals surface area contributed by atoms with Gasteiger partial charge in [-0.05, 0) is 41.5 Å². The molecule has 4 nitrogen and oxygen atoms in total. The molecule has 0 saturated carbocycles. The lowest BCUT2D eigenvalue weighted by molar-refractivity contribution is 1.05. The third-order valence-corrected chi connectivity index (χ3v) is 2.59. The SMILES string of the molecule is C.CC.CC=CC.Cc1nccnc1C.Cc1nccnc1C.[2HH]. The van der Waals surface area contributed by atoms with Gasteiger partial charge >= 0.3 is 0 Å². The van der Waals surface area contributed by atoms with Crippen molar-refractivity contribution in [2.45, 2.75) is 62.8 Å². The minimum absolute atomic E-state index is 0. The van der Waals surface area contributed by atoms with Crippen LogP contribution in [0.25, 0.3) is 0 Å². The second kappa shape index (κ2) is 18.0. The summed E-state index contributed by atoms with van der Waals surface area (Å²) in [7, 11) is 0. The van der Waals surface area contributed by atoms with Crippen LogP contribution < -0.4 is 0 Å². The fourth-order valence-corrected chi connectivity index (χ4v) is 0.954. The predicted molar refractivity (Wildman–Crippen MR) is 104 cm³/mol. The molecule has 0 spiro atoms. The average Bonchev–Trinajstić information content (AvgIpc) is 2.56. The van der Waals surface area contributed by atoms with Crippen LogP contribution in [0, 0.1) is 27.7 Å². The van der Waals surface area contributed by atoms with E-state index in [1.807, 2.05) is 67.5 Å². The Kier molecular flexibility index (Phi) is 20.2. The third-order valence-electron chi connectivity index (χ3n) is 2.59. The molecule has 0 radical (unpaired) electrons. The number of hydrogen-bond acceptors (Lipinski definition) is 4. The zero-order valence-electron chi connectivity index (χ0n) is 15.3. The lowest BCUT2D eigenvalue weighted by Crippen LogP contribution is -1.87. The maximum absolute atomic E-state index is 4.02. The minimum Gasteiger partial charge on any atom is -0.258 e. The highest BCUT2D eigenvalue weighted by atomic mass is 14.8. The van der Waals surface area contributed by atoms with E-state index >= 15 is 0 Å². The Hall–Kier alpha value is -2.10. The number of aryl methyl sites for hydroxylation is 4. The molecule has 2 aromatic heterocycles. The Morgan fingerprint density at radius 3 is 0.870 bits per heavy atom. The van der Waals surface area contributed by atoms with E-state index in [0.29, 0.717) is 0 Å². The van der Waals surface area contributed by atoms with E-state index in [-0.39, 0.29) is 8.85 Å². The van der Waals surface area contributed by atoms with E-state index in [4.69, 9.17) is 0 Å². The van der Waals surface area contributed by atoms with E-state index in [9.17, 15) is 0 Å². The van der Waals surface area contributed by atoms with Crippen LogP contribution in [0.5, 0.6) is 0 Å². The molecule has 2 rings (SSSR count). The molecule has 0 unspecified atom stereocenters. The molecule has 2 heterocycles. The van der Waals surface area contributed by atoms with Crippen molar-refractivity contribution in [1.82, 2.24) is 19.9 Å². The number of rotatable bonds is 0. The van der Waals surface area contributed by atoms with Gasteiger partial charge in [-0.1, -0.05) is 33.4 Å². The highest BCUT2D eigenvalue weighted by Crippen LogP contribution is 1.94. The molecule has 2 aromatic rings. The Balaban J connectivity index is -0.000000120. The number of nitrogens with zero attached hydrogens (tertiary/aromatic N) is 4. The second-order valence-corrected chi connectivity index (χ2v) is 4.12. The van der Waals surface area contributed by atoms with Crippen molar-refractivity contribution in [1.29, 1.82) is 0 Å². The van der Waals surface area contributed by atoms with Crippen LogP contribution in [0.3, 0.4) is 0 Å². The van der Waals surface area contributed by atoms with E-state index in [0.717, 1.165) is 22.8 Å². The van der Waals surface area contributed by atoms with Crippen molar-refractivity contribution in [3.8, 4) is 0 Å². The van der Waals surface area contributed by atoms with E-state index in [2.05, 4.69) is 19.9 Å². The van der Waals surface area contributed by atoms with Crippen molar-refractivity contribution in [3.05, 3.63) is 59.7 Å². The van der Waals surface area contributed by atoms with Crippen LogP contribution in [-0.4, -0.2) is 19.9 Å². The van der Waals surface area contributed by atoms with Crippen molar-refractivity contribution < 1.29 is 1.43 Å². The van der Waals surface area contributed by atoms with E-state index in [1.165, 1.54) is 0 Å². The zero-order chi connectivity index (χ0) is 17.4. The van der Waals surface area contributed by atoms with Gasteiger partial charge in [-0.3, -0.25) is 19.9 Å². The first-order valence-corrected chi connectivity index (χ1v) is 7.58. The number of hydrogen-bond donors (Lipinski definition) is 0. The molecule has 0 atom stereocenters. The first-order valence-electron chi connectivity index (χ1n) is 7.58. The van der Waals surface area contributed by atoms with Gasteiger partial charge in [-0.2, -0.15) is 0 Å². The van der Waals surface area contributed by atoms with Gasteiger partial charge in [0.1, 0.15) is 0 Å². The van der Waals surface area contributed by atoms with Crippen LogP contribution in [0.15, 0.2) is 36.9 Å². The molecule has 0 saturated heterocycles. The lowest BCUT2D eigenvalue weighted by atomic mass is 10.4. The quantitative estimate of drug-likeness (QED) is 0.586. The predicted octanol–water partition coefficient (Wildman–Crippen LogP) is 5.68. The van der Waals surface area contributed by atoms with Gasteiger partial charge in [0.15, 0.2) is 0 Å². The summed E-state index contributed by atoms with van der Waals surface area (Å²) in [5, 5.41) is 0. The van der Waals surface area contributed by atoms with Crippen LogP contribution in [0.2, 0.25) is 0 Å². The fraction of sp³-hybridized carbons (Fsp3) is 0.474. The topological polar surface area (TPSA) is 51.6 Å². The normalized spacial score (nSPS) is 8.35. The molecular weight excluding hydrogens is 284 g/mol. The van der Waals surface area contributed by atoms with E-state index in [1.54, 1.807) is 24.8 Å². The molecule has 0 aliphatic carbocycles. The first kappa shape index (κ1) is 25.8. The molecule has 4 heteroatoms. The van der Waals surface area contributed by atoms with Gasteiger partial charge < -0.3 is 0 Å². The number of aromatic nitrogens is 4. The van der Waals surface area contributed by atoms with Gasteiger partial charge in [-0.25, -0.2) is 0 Å². The Labute approximate surface area is 144 Å². The summed E-state index contributed by atoms with van der Waals surface area (Å²) in [5.74, 6) is 0. The summed E-state index contributed by atoms with van der Waals surface area (Å²) in [6.07, 6.45) is 10.8. The Morgan fingerprint density at radius 2 is 0.783 bits per heavy atom. The van der Waals surface area contributed by atoms with Crippen molar-refractivity contribution in [2.24, 2.45) is 0 Å². The summed E-state index contributed by atoms with van der Waals surface area (Å²) in [6.45, 7) is 15.8. The highest BCUT2D eigenvalue weighted by Gasteiger charge is 1.87. The zero-order valence-corrected chi connectivity index (χ0v) is 15.3. The number of allylic oxidation sites excluding steroid dienone is 2. The summed E-state index contributed by atoms with van der Waals surface area (Å²) >= 11 is 0. The second-order valence-electron chi connectivity index (χ2n) is 4.12. The van der Waals surface area contributed by atoms with Crippen LogP contribution in [0.1, 0.15) is 59.3 Å². The van der Waals surface area contributed by atoms with Gasteiger partial charge in [0, 0.05) is 26.2 Å². The Morgan fingerprint density at radius 1 is 0.609 bits per heavy atom. The van der Waals surface area contributed by atoms with Crippen molar-refractivity contribution in [3.63, 3.8) is 0 Å².